The molecule has 0 atom stereocenters. The lowest BCUT2D eigenvalue weighted by atomic mass is 10.1. The zero-order valence-electron chi connectivity index (χ0n) is 10.8. The summed E-state index contributed by atoms with van der Waals surface area (Å²) in [4.78, 5) is 10.9. The molecule has 1 N–H and O–H groups in total. The molecule has 0 fully saturated rings. The van der Waals surface area contributed by atoms with Crippen LogP contribution in [0.5, 0.6) is 0 Å². The highest BCUT2D eigenvalue weighted by atomic mass is 19.4. The van der Waals surface area contributed by atoms with Gasteiger partial charge in [-0.2, -0.15) is 18.4 Å². The van der Waals surface area contributed by atoms with Crippen LogP contribution in [0.4, 0.5) is 18.9 Å². The molecule has 0 aliphatic heterocycles. The minimum Gasteiger partial charge on any atom is -0.469 e. The van der Waals surface area contributed by atoms with Gasteiger partial charge < -0.3 is 10.1 Å². The minimum atomic E-state index is -4.48. The van der Waals surface area contributed by atoms with Gasteiger partial charge in [0.05, 0.1) is 23.9 Å². The van der Waals surface area contributed by atoms with Crippen molar-refractivity contribution in [2.75, 3.05) is 19.0 Å². The van der Waals surface area contributed by atoms with Crippen molar-refractivity contribution in [2.45, 2.75) is 19.0 Å². The van der Waals surface area contributed by atoms with E-state index in [1.807, 2.05) is 0 Å². The Morgan fingerprint density at radius 2 is 2.15 bits per heavy atom. The van der Waals surface area contributed by atoms with Crippen molar-refractivity contribution in [3.8, 4) is 6.07 Å². The average molecular weight is 286 g/mol. The van der Waals surface area contributed by atoms with E-state index in [0.717, 1.165) is 12.1 Å². The summed E-state index contributed by atoms with van der Waals surface area (Å²) in [6.07, 6.45) is -3.82. The number of rotatable bonds is 5. The number of hydrogen-bond donors (Lipinski definition) is 1. The first kappa shape index (κ1) is 15.8. The van der Waals surface area contributed by atoms with Crippen LogP contribution in [0.15, 0.2) is 18.2 Å². The summed E-state index contributed by atoms with van der Waals surface area (Å²) < 4.78 is 41.9. The first-order valence-corrected chi connectivity index (χ1v) is 5.80. The summed E-state index contributed by atoms with van der Waals surface area (Å²) in [5.74, 6) is -0.361. The number of methoxy groups -OCH3 is 1. The minimum absolute atomic E-state index is 0.0853. The molecule has 0 bridgehead atoms. The van der Waals surface area contributed by atoms with Crippen LogP contribution in [0.1, 0.15) is 24.0 Å². The van der Waals surface area contributed by atoms with E-state index < -0.39 is 11.7 Å². The van der Waals surface area contributed by atoms with Crippen LogP contribution in [-0.4, -0.2) is 19.6 Å². The second kappa shape index (κ2) is 6.80. The third-order valence-electron chi connectivity index (χ3n) is 2.57. The molecular formula is C13H13F3N2O2. The molecule has 4 nitrogen and oxygen atoms in total. The number of alkyl halides is 3. The average Bonchev–Trinajstić information content (AvgIpc) is 2.42. The van der Waals surface area contributed by atoms with Crippen LogP contribution in [0.25, 0.3) is 0 Å². The van der Waals surface area contributed by atoms with Gasteiger partial charge in [-0.3, -0.25) is 4.79 Å². The van der Waals surface area contributed by atoms with Gasteiger partial charge in [0.1, 0.15) is 6.07 Å². The molecule has 1 aromatic carbocycles. The third-order valence-corrected chi connectivity index (χ3v) is 2.57. The molecule has 20 heavy (non-hydrogen) atoms. The van der Waals surface area contributed by atoms with Crippen LogP contribution in [0.2, 0.25) is 0 Å². The molecule has 0 aliphatic carbocycles. The van der Waals surface area contributed by atoms with Gasteiger partial charge in [0.25, 0.3) is 0 Å². The second-order valence-corrected chi connectivity index (χ2v) is 3.98. The number of nitrogens with one attached hydrogen (secondary N) is 1. The SMILES string of the molecule is COC(=O)CCCNc1ccc(C(F)(F)F)cc1C#N. The van der Waals surface area contributed by atoms with Crippen LogP contribution < -0.4 is 5.32 Å². The largest absolute Gasteiger partial charge is 0.469 e. The Hall–Kier alpha value is -2.23. The van der Waals surface area contributed by atoms with Crippen molar-refractivity contribution in [1.82, 2.24) is 0 Å². The predicted octanol–water partition coefficient (Wildman–Crippen LogP) is 2.94. The second-order valence-electron chi connectivity index (χ2n) is 3.98. The standard InChI is InChI=1S/C13H13F3N2O2/c1-20-12(19)3-2-6-18-11-5-4-10(13(14,15)16)7-9(11)8-17/h4-5,7,18H,2-3,6H2,1H3. The van der Waals surface area contributed by atoms with Crippen molar-refractivity contribution in [3.05, 3.63) is 29.3 Å². The normalized spacial score (nSPS) is 10.8. The van der Waals surface area contributed by atoms with E-state index in [1.54, 1.807) is 6.07 Å². The third kappa shape index (κ3) is 4.46. The highest BCUT2D eigenvalue weighted by Gasteiger charge is 2.31. The summed E-state index contributed by atoms with van der Waals surface area (Å²) in [5, 5.41) is 11.7. The lowest BCUT2D eigenvalue weighted by Gasteiger charge is -2.11. The smallest absolute Gasteiger partial charge is 0.416 e. The fourth-order valence-corrected chi connectivity index (χ4v) is 1.53. The summed E-state index contributed by atoms with van der Waals surface area (Å²) >= 11 is 0. The quantitative estimate of drug-likeness (QED) is 0.667. The molecule has 0 saturated carbocycles. The van der Waals surface area contributed by atoms with E-state index in [4.69, 9.17) is 5.26 Å². The van der Waals surface area contributed by atoms with Gasteiger partial charge in [-0.25, -0.2) is 0 Å². The van der Waals surface area contributed by atoms with Crippen molar-refractivity contribution in [3.63, 3.8) is 0 Å². The van der Waals surface area contributed by atoms with E-state index in [0.29, 0.717) is 18.7 Å². The predicted molar refractivity (Wildman–Crippen MR) is 65.9 cm³/mol. The van der Waals surface area contributed by atoms with Gasteiger partial charge >= 0.3 is 12.1 Å². The molecule has 7 heteroatoms. The highest BCUT2D eigenvalue weighted by Crippen LogP contribution is 2.31. The topological polar surface area (TPSA) is 62.1 Å². The molecule has 0 heterocycles. The number of esters is 1. The number of anilines is 1. The molecule has 0 aromatic heterocycles. The molecule has 1 rings (SSSR count). The summed E-state index contributed by atoms with van der Waals surface area (Å²) in [6.45, 7) is 0.356. The number of benzene rings is 1. The van der Waals surface area contributed by atoms with Crippen molar-refractivity contribution >= 4 is 11.7 Å². The Morgan fingerprint density at radius 1 is 1.45 bits per heavy atom. The molecular weight excluding hydrogens is 273 g/mol. The molecule has 0 unspecified atom stereocenters. The monoisotopic (exact) mass is 286 g/mol. The lowest BCUT2D eigenvalue weighted by Crippen LogP contribution is -2.09. The van der Waals surface area contributed by atoms with Crippen molar-refractivity contribution in [1.29, 1.82) is 5.26 Å². The van der Waals surface area contributed by atoms with E-state index in [2.05, 4.69) is 10.1 Å². The van der Waals surface area contributed by atoms with Crippen LogP contribution in [0.3, 0.4) is 0 Å². The van der Waals surface area contributed by atoms with Crippen LogP contribution >= 0.6 is 0 Å². The van der Waals surface area contributed by atoms with E-state index in [9.17, 15) is 18.0 Å². The first-order chi connectivity index (χ1) is 9.38. The maximum absolute atomic E-state index is 12.5. The number of hydrogen-bond acceptors (Lipinski definition) is 4. The number of nitriles is 1. The van der Waals surface area contributed by atoms with Gasteiger partial charge in [-0.15, -0.1) is 0 Å². The molecule has 0 radical (unpaired) electrons. The molecule has 0 spiro atoms. The highest BCUT2D eigenvalue weighted by molar-refractivity contribution is 5.69. The van der Waals surface area contributed by atoms with Crippen LogP contribution in [-0.2, 0) is 15.7 Å². The van der Waals surface area contributed by atoms with Gasteiger partial charge in [0.15, 0.2) is 0 Å². The number of ether oxygens (including phenoxy) is 1. The van der Waals surface area contributed by atoms with E-state index >= 15 is 0 Å². The zero-order chi connectivity index (χ0) is 15.2. The number of nitrogens with zero attached hydrogens (tertiary/aromatic N) is 1. The summed E-state index contributed by atoms with van der Waals surface area (Å²) in [7, 11) is 1.28. The van der Waals surface area contributed by atoms with E-state index in [1.165, 1.54) is 13.2 Å². The van der Waals surface area contributed by atoms with Crippen LogP contribution in [0, 0.1) is 11.3 Å². The molecule has 0 aliphatic rings. The maximum atomic E-state index is 12.5. The van der Waals surface area contributed by atoms with Gasteiger partial charge in [-0.1, -0.05) is 0 Å². The molecule has 0 amide bonds. The lowest BCUT2D eigenvalue weighted by molar-refractivity contribution is -0.140. The Morgan fingerprint density at radius 3 is 2.70 bits per heavy atom. The zero-order valence-corrected chi connectivity index (χ0v) is 10.8. The number of carbonyl (C=O) groups excluding carboxylic acids is 1. The van der Waals surface area contributed by atoms with Crippen molar-refractivity contribution < 1.29 is 22.7 Å². The number of halogens is 3. The van der Waals surface area contributed by atoms with Gasteiger partial charge in [0.2, 0.25) is 0 Å². The molecule has 108 valence electrons. The summed E-state index contributed by atoms with van der Waals surface area (Å²) in [5.41, 5.74) is -0.641. The maximum Gasteiger partial charge on any atom is 0.416 e. The first-order valence-electron chi connectivity index (χ1n) is 5.80. The Balaban J connectivity index is 2.68. The van der Waals surface area contributed by atoms with E-state index in [-0.39, 0.29) is 18.0 Å². The fourth-order valence-electron chi connectivity index (χ4n) is 1.53. The Kier molecular flexibility index (Phi) is 5.38. The fraction of sp³-hybridized carbons (Fsp3) is 0.385. The Labute approximate surface area is 114 Å². The summed E-state index contributed by atoms with van der Waals surface area (Å²) in [6, 6.07) is 4.62. The molecule has 0 saturated heterocycles. The number of carbonyl (C=O) groups is 1. The van der Waals surface area contributed by atoms with Crippen molar-refractivity contribution in [2.24, 2.45) is 0 Å². The van der Waals surface area contributed by atoms with Gasteiger partial charge in [-0.05, 0) is 24.6 Å². The Bertz CT molecular complexity index is 521. The molecule has 1 aromatic rings. The van der Waals surface area contributed by atoms with Gasteiger partial charge in [0, 0.05) is 13.0 Å².